The van der Waals surface area contributed by atoms with Crippen molar-refractivity contribution in [1.82, 2.24) is 19.1 Å². The van der Waals surface area contributed by atoms with Crippen molar-refractivity contribution in [1.29, 1.82) is 0 Å². The average Bonchev–Trinajstić information content (AvgIpc) is 2.96. The summed E-state index contributed by atoms with van der Waals surface area (Å²) in [5.74, 6) is 1.61. The van der Waals surface area contributed by atoms with E-state index in [4.69, 9.17) is 0 Å². The summed E-state index contributed by atoms with van der Waals surface area (Å²) in [5.41, 5.74) is 2.10. The van der Waals surface area contributed by atoms with Crippen LogP contribution >= 0.6 is 11.5 Å². The van der Waals surface area contributed by atoms with Gasteiger partial charge in [-0.05, 0) is 19.3 Å². The first-order chi connectivity index (χ1) is 8.26. The lowest BCUT2D eigenvalue weighted by Crippen LogP contribution is -1.93. The highest BCUT2D eigenvalue weighted by Crippen LogP contribution is 2.39. The molecule has 0 spiro atoms. The Kier molecular flexibility index (Phi) is 2.58. The third kappa shape index (κ3) is 2.17. The summed E-state index contributed by atoms with van der Waals surface area (Å²) in [7, 11) is 1.93. The summed E-state index contributed by atoms with van der Waals surface area (Å²) in [5, 5.41) is 8.57. The zero-order chi connectivity index (χ0) is 11.8. The van der Waals surface area contributed by atoms with Crippen LogP contribution in [0.1, 0.15) is 37.2 Å². The fourth-order valence-electron chi connectivity index (χ4n) is 1.81. The van der Waals surface area contributed by atoms with E-state index in [0.717, 1.165) is 28.8 Å². The summed E-state index contributed by atoms with van der Waals surface area (Å²) in [6, 6.07) is 0. The molecule has 17 heavy (non-hydrogen) atoms. The van der Waals surface area contributed by atoms with Gasteiger partial charge in [0.15, 0.2) is 0 Å². The van der Waals surface area contributed by atoms with Gasteiger partial charge in [0.1, 0.15) is 5.82 Å². The first-order valence-electron chi connectivity index (χ1n) is 5.89. The lowest BCUT2D eigenvalue weighted by molar-refractivity contribution is 0.746. The Balaban J connectivity index is 1.80. The molecule has 0 aliphatic heterocycles. The van der Waals surface area contributed by atoms with E-state index >= 15 is 0 Å². The van der Waals surface area contributed by atoms with Crippen LogP contribution in [0, 0.1) is 0 Å². The van der Waals surface area contributed by atoms with E-state index < -0.39 is 0 Å². The van der Waals surface area contributed by atoms with Crippen molar-refractivity contribution in [3.8, 4) is 0 Å². The van der Waals surface area contributed by atoms with E-state index in [1.165, 1.54) is 24.4 Å². The molecule has 0 atom stereocenters. The Bertz CT molecular complexity index is 526. The number of anilines is 2. The van der Waals surface area contributed by atoms with Gasteiger partial charge in [0.2, 0.25) is 5.13 Å². The van der Waals surface area contributed by atoms with Gasteiger partial charge < -0.3 is 5.32 Å². The molecule has 1 N–H and O–H groups in total. The Morgan fingerprint density at radius 1 is 1.53 bits per heavy atom. The van der Waals surface area contributed by atoms with Gasteiger partial charge in [0.05, 0.1) is 11.4 Å². The monoisotopic (exact) mass is 249 g/mol. The molecule has 5 nitrogen and oxygen atoms in total. The molecule has 1 fully saturated rings. The highest BCUT2D eigenvalue weighted by Gasteiger charge is 2.27. The molecule has 1 saturated carbocycles. The Morgan fingerprint density at radius 2 is 2.35 bits per heavy atom. The van der Waals surface area contributed by atoms with Crippen molar-refractivity contribution in [3.05, 3.63) is 17.7 Å². The number of aryl methyl sites for hydroxylation is 2. The van der Waals surface area contributed by atoms with Crippen LogP contribution in [-0.4, -0.2) is 19.1 Å². The van der Waals surface area contributed by atoms with Crippen molar-refractivity contribution in [3.63, 3.8) is 0 Å². The van der Waals surface area contributed by atoms with Gasteiger partial charge in [-0.2, -0.15) is 9.47 Å². The van der Waals surface area contributed by atoms with Crippen LogP contribution < -0.4 is 5.32 Å². The van der Waals surface area contributed by atoms with Crippen LogP contribution in [0.5, 0.6) is 0 Å². The Morgan fingerprint density at radius 3 is 3.06 bits per heavy atom. The molecule has 0 amide bonds. The minimum absolute atomic E-state index is 0.612. The quantitative estimate of drug-likeness (QED) is 0.904. The zero-order valence-electron chi connectivity index (χ0n) is 9.97. The van der Waals surface area contributed by atoms with Crippen LogP contribution in [0.3, 0.4) is 0 Å². The van der Waals surface area contributed by atoms with E-state index in [2.05, 4.69) is 26.7 Å². The largest absolute Gasteiger partial charge is 0.327 e. The summed E-state index contributed by atoms with van der Waals surface area (Å²) < 4.78 is 6.20. The summed E-state index contributed by atoms with van der Waals surface area (Å²) >= 11 is 1.43. The van der Waals surface area contributed by atoms with Crippen LogP contribution in [-0.2, 0) is 13.5 Å². The predicted molar refractivity (Wildman–Crippen MR) is 67.8 cm³/mol. The van der Waals surface area contributed by atoms with E-state index in [0.29, 0.717) is 5.92 Å². The Labute approximate surface area is 104 Å². The molecule has 90 valence electrons. The maximum absolute atomic E-state index is 4.51. The molecule has 0 saturated heterocycles. The predicted octanol–water partition coefficient (Wildman–Crippen LogP) is 2.46. The van der Waals surface area contributed by atoms with Crippen LogP contribution in [0.2, 0.25) is 0 Å². The molecule has 0 unspecified atom stereocenters. The van der Waals surface area contributed by atoms with Gasteiger partial charge in [-0.15, -0.1) is 0 Å². The van der Waals surface area contributed by atoms with Gasteiger partial charge in [-0.3, -0.25) is 4.68 Å². The smallest absolute Gasteiger partial charge is 0.207 e. The third-order valence-electron chi connectivity index (χ3n) is 2.87. The van der Waals surface area contributed by atoms with Gasteiger partial charge in [0.25, 0.3) is 0 Å². The number of hydrogen-bond acceptors (Lipinski definition) is 5. The number of nitrogens with zero attached hydrogens (tertiary/aromatic N) is 4. The molecule has 2 aromatic heterocycles. The third-order valence-corrected chi connectivity index (χ3v) is 3.51. The van der Waals surface area contributed by atoms with Crippen LogP contribution in [0.25, 0.3) is 0 Å². The van der Waals surface area contributed by atoms with Crippen LogP contribution in [0.4, 0.5) is 10.8 Å². The number of hydrogen-bond donors (Lipinski definition) is 1. The SMILES string of the molecule is CCc1nn(C)cc1Nc1nc(C2CC2)ns1. The van der Waals surface area contributed by atoms with Crippen molar-refractivity contribution in [2.75, 3.05) is 5.32 Å². The maximum atomic E-state index is 4.51. The van der Waals surface area contributed by atoms with Crippen LogP contribution in [0.15, 0.2) is 6.20 Å². The van der Waals surface area contributed by atoms with Gasteiger partial charge >= 0.3 is 0 Å². The highest BCUT2D eigenvalue weighted by atomic mass is 32.1. The van der Waals surface area contributed by atoms with E-state index in [9.17, 15) is 0 Å². The second-order valence-corrected chi connectivity index (χ2v) is 5.13. The topological polar surface area (TPSA) is 55.6 Å². The van der Waals surface area contributed by atoms with Crippen molar-refractivity contribution < 1.29 is 0 Å². The molecular formula is C11H15N5S. The van der Waals surface area contributed by atoms with E-state index in [1.54, 1.807) is 0 Å². The molecule has 3 rings (SSSR count). The molecule has 0 aromatic carbocycles. The van der Waals surface area contributed by atoms with Gasteiger partial charge in [0, 0.05) is 30.7 Å². The fraction of sp³-hybridized carbons (Fsp3) is 0.545. The van der Waals surface area contributed by atoms with E-state index in [-0.39, 0.29) is 0 Å². The standard InChI is InChI=1S/C11H15N5S/c1-3-8-9(6-16(2)14-8)12-11-13-10(15-17-11)7-4-5-7/h6-7H,3-5H2,1-2H3,(H,12,13,15). The lowest BCUT2D eigenvalue weighted by atomic mass is 10.3. The first-order valence-corrected chi connectivity index (χ1v) is 6.66. The van der Waals surface area contributed by atoms with E-state index in [1.807, 2.05) is 17.9 Å². The fourth-order valence-corrected chi connectivity index (χ4v) is 2.47. The normalized spacial score (nSPS) is 15.2. The molecule has 1 aliphatic carbocycles. The molecule has 2 aromatic rings. The second-order valence-electron chi connectivity index (χ2n) is 4.37. The van der Waals surface area contributed by atoms with Crippen molar-refractivity contribution in [2.45, 2.75) is 32.1 Å². The zero-order valence-corrected chi connectivity index (χ0v) is 10.8. The van der Waals surface area contributed by atoms with Crippen molar-refractivity contribution in [2.24, 2.45) is 7.05 Å². The molecule has 0 bridgehead atoms. The maximum Gasteiger partial charge on any atom is 0.207 e. The number of aromatic nitrogens is 4. The molecule has 6 heteroatoms. The van der Waals surface area contributed by atoms with Gasteiger partial charge in [-0.25, -0.2) is 4.98 Å². The summed E-state index contributed by atoms with van der Waals surface area (Å²) in [6.07, 6.45) is 5.38. The Hall–Kier alpha value is -1.43. The second kappa shape index (κ2) is 4.10. The van der Waals surface area contributed by atoms with Crippen molar-refractivity contribution >= 4 is 22.4 Å². The molecular weight excluding hydrogens is 234 g/mol. The summed E-state index contributed by atoms with van der Waals surface area (Å²) in [6.45, 7) is 2.10. The summed E-state index contributed by atoms with van der Waals surface area (Å²) in [4.78, 5) is 4.51. The molecule has 0 radical (unpaired) electrons. The lowest BCUT2D eigenvalue weighted by Gasteiger charge is -1.99. The number of nitrogens with one attached hydrogen (secondary N) is 1. The number of rotatable bonds is 4. The molecule has 2 heterocycles. The highest BCUT2D eigenvalue weighted by molar-refractivity contribution is 7.09. The molecule has 1 aliphatic rings. The van der Waals surface area contributed by atoms with Gasteiger partial charge in [-0.1, -0.05) is 6.92 Å². The minimum Gasteiger partial charge on any atom is -0.327 e. The average molecular weight is 249 g/mol. The first kappa shape index (κ1) is 10.7. The minimum atomic E-state index is 0.612.